The van der Waals surface area contributed by atoms with Gasteiger partial charge in [-0.05, 0) is 42.7 Å². The van der Waals surface area contributed by atoms with Gasteiger partial charge in [0.05, 0.1) is 9.79 Å². The summed E-state index contributed by atoms with van der Waals surface area (Å²) in [6.45, 7) is 0. The van der Waals surface area contributed by atoms with E-state index in [0.29, 0.717) is 5.75 Å². The largest absolute Gasteiger partial charge is 0.272 e. The third-order valence-corrected chi connectivity index (χ3v) is 7.06. The number of thioether (sulfide) groups is 1. The zero-order valence-corrected chi connectivity index (χ0v) is 17.0. The summed E-state index contributed by atoms with van der Waals surface area (Å²) in [4.78, 5) is 12.4. The molecule has 27 heavy (non-hydrogen) atoms. The number of sulfonamides is 2. The van der Waals surface area contributed by atoms with Crippen LogP contribution in [0.1, 0.15) is 6.42 Å². The van der Waals surface area contributed by atoms with Crippen LogP contribution in [0, 0.1) is 0 Å². The van der Waals surface area contributed by atoms with E-state index < -0.39 is 32.0 Å². The van der Waals surface area contributed by atoms with E-state index in [1.54, 1.807) is 30.5 Å². The fraction of sp³-hybridized carbons (Fsp3) is 0.235. The van der Waals surface area contributed by atoms with Crippen molar-refractivity contribution in [3.63, 3.8) is 0 Å². The summed E-state index contributed by atoms with van der Waals surface area (Å²) >= 11 is 1.42. The first-order chi connectivity index (χ1) is 12.8. The minimum Gasteiger partial charge on any atom is -0.272 e. The van der Waals surface area contributed by atoms with Gasteiger partial charge >= 0.3 is 0 Å². The average Bonchev–Trinajstić information content (AvgIpc) is 2.66. The molecule has 0 unspecified atom stereocenters. The summed E-state index contributed by atoms with van der Waals surface area (Å²) in [5, 5.41) is 0. The Morgan fingerprint density at radius 1 is 0.889 bits per heavy atom. The Labute approximate surface area is 163 Å². The molecular weight excluding hydrogens is 408 g/mol. The molecule has 0 aliphatic rings. The molecule has 0 fully saturated rings. The zero-order valence-electron chi connectivity index (χ0n) is 14.5. The van der Waals surface area contributed by atoms with Gasteiger partial charge in [-0.15, -0.1) is 0 Å². The molecule has 146 valence electrons. The second-order valence-corrected chi connectivity index (χ2v) is 9.93. The van der Waals surface area contributed by atoms with Crippen molar-refractivity contribution in [3.05, 3.63) is 60.7 Å². The second kappa shape index (κ2) is 9.36. The molecule has 7 nitrogen and oxygen atoms in total. The van der Waals surface area contributed by atoms with Crippen molar-refractivity contribution in [2.24, 2.45) is 0 Å². The molecule has 0 radical (unpaired) electrons. The Bertz CT molecular complexity index is 962. The van der Waals surface area contributed by atoms with E-state index in [4.69, 9.17) is 0 Å². The Kier molecular flexibility index (Phi) is 7.42. The Balaban J connectivity index is 2.21. The second-order valence-electron chi connectivity index (χ2n) is 5.55. The van der Waals surface area contributed by atoms with Crippen molar-refractivity contribution in [1.82, 2.24) is 9.44 Å². The lowest BCUT2D eigenvalue weighted by atomic mass is 10.2. The van der Waals surface area contributed by atoms with Crippen LogP contribution in [0.5, 0.6) is 0 Å². The van der Waals surface area contributed by atoms with Crippen molar-refractivity contribution in [1.29, 1.82) is 0 Å². The van der Waals surface area contributed by atoms with Crippen molar-refractivity contribution < 1.29 is 21.6 Å². The quantitative estimate of drug-likeness (QED) is 0.628. The van der Waals surface area contributed by atoms with Crippen LogP contribution >= 0.6 is 11.8 Å². The van der Waals surface area contributed by atoms with Gasteiger partial charge in [0, 0.05) is 0 Å². The minimum absolute atomic E-state index is 0.00197. The molecule has 0 aliphatic carbocycles. The lowest BCUT2D eigenvalue weighted by Gasteiger charge is -2.18. The maximum Gasteiger partial charge on any atom is 0.264 e. The molecule has 0 saturated heterocycles. The molecule has 0 aromatic heterocycles. The van der Waals surface area contributed by atoms with Crippen LogP contribution in [-0.2, 0) is 24.8 Å². The first kappa shape index (κ1) is 21.4. The summed E-state index contributed by atoms with van der Waals surface area (Å²) in [5.41, 5.74) is 0. The summed E-state index contributed by atoms with van der Waals surface area (Å²) in [7, 11) is -8.06. The highest BCUT2D eigenvalue weighted by molar-refractivity contribution is 7.98. The van der Waals surface area contributed by atoms with Crippen LogP contribution in [0.25, 0.3) is 0 Å². The van der Waals surface area contributed by atoms with Gasteiger partial charge in [-0.3, -0.25) is 4.79 Å². The van der Waals surface area contributed by atoms with Crippen molar-refractivity contribution in [2.75, 3.05) is 12.0 Å². The van der Waals surface area contributed by atoms with E-state index in [0.717, 1.165) is 0 Å². The Hall–Kier alpha value is -1.88. The third kappa shape index (κ3) is 6.06. The molecule has 0 saturated carbocycles. The molecule has 2 aromatic rings. The van der Waals surface area contributed by atoms with Crippen LogP contribution in [0.15, 0.2) is 70.5 Å². The van der Waals surface area contributed by atoms with Crippen molar-refractivity contribution in [2.45, 2.75) is 22.3 Å². The van der Waals surface area contributed by atoms with Crippen molar-refractivity contribution in [3.8, 4) is 0 Å². The number of amides is 1. The molecule has 0 bridgehead atoms. The predicted octanol–water partition coefficient (Wildman–Crippen LogP) is 1.59. The molecule has 2 N–H and O–H groups in total. The molecule has 2 aromatic carbocycles. The molecule has 1 atom stereocenters. The van der Waals surface area contributed by atoms with Crippen LogP contribution in [0.2, 0.25) is 0 Å². The molecule has 1 amide bonds. The van der Waals surface area contributed by atoms with Crippen LogP contribution in [0.4, 0.5) is 0 Å². The maximum atomic E-state index is 12.5. The van der Waals surface area contributed by atoms with Gasteiger partial charge in [0.25, 0.3) is 15.9 Å². The van der Waals surface area contributed by atoms with Gasteiger partial charge < -0.3 is 0 Å². The SMILES string of the molecule is CSCC[C@H](NS(=O)(=O)c1ccccc1)C(=O)NS(=O)(=O)c1ccccc1. The third-order valence-electron chi connectivity index (χ3n) is 3.57. The first-order valence-corrected chi connectivity index (χ1v) is 12.3. The Morgan fingerprint density at radius 3 is 1.85 bits per heavy atom. The number of hydrogen-bond acceptors (Lipinski definition) is 6. The summed E-state index contributed by atoms with van der Waals surface area (Å²) in [6.07, 6.45) is 1.95. The monoisotopic (exact) mass is 428 g/mol. The highest BCUT2D eigenvalue weighted by Gasteiger charge is 2.28. The van der Waals surface area contributed by atoms with E-state index in [2.05, 4.69) is 4.72 Å². The van der Waals surface area contributed by atoms with Gasteiger partial charge in [0.2, 0.25) is 10.0 Å². The van der Waals surface area contributed by atoms with E-state index >= 15 is 0 Å². The molecular formula is C17H20N2O5S3. The van der Waals surface area contributed by atoms with Gasteiger partial charge in [-0.25, -0.2) is 21.6 Å². The number of hydrogen-bond donors (Lipinski definition) is 2. The number of rotatable bonds is 9. The number of carbonyl (C=O) groups excluding carboxylic acids is 1. The molecule has 0 heterocycles. The highest BCUT2D eigenvalue weighted by atomic mass is 32.2. The topological polar surface area (TPSA) is 109 Å². The average molecular weight is 429 g/mol. The molecule has 10 heteroatoms. The zero-order chi connectivity index (χ0) is 19.9. The number of carbonyl (C=O) groups is 1. The molecule has 0 aliphatic heterocycles. The van der Waals surface area contributed by atoms with E-state index in [9.17, 15) is 21.6 Å². The van der Waals surface area contributed by atoms with Gasteiger partial charge in [-0.2, -0.15) is 16.5 Å². The van der Waals surface area contributed by atoms with Crippen LogP contribution in [-0.4, -0.2) is 40.8 Å². The standard InChI is InChI=1S/C17H20N2O5S3/c1-25-13-12-16(18-26(21,22)14-8-4-2-5-9-14)17(20)19-27(23,24)15-10-6-3-7-11-15/h2-11,16,18H,12-13H2,1H3,(H,19,20)/t16-/m0/s1. The molecule has 2 rings (SSSR count). The normalized spacial score (nSPS) is 13.1. The highest BCUT2D eigenvalue weighted by Crippen LogP contribution is 2.12. The number of benzene rings is 2. The van der Waals surface area contributed by atoms with Crippen LogP contribution in [0.3, 0.4) is 0 Å². The minimum atomic E-state index is -4.09. The first-order valence-electron chi connectivity index (χ1n) is 7.94. The maximum absolute atomic E-state index is 12.5. The van der Waals surface area contributed by atoms with Gasteiger partial charge in [0.1, 0.15) is 6.04 Å². The van der Waals surface area contributed by atoms with Gasteiger partial charge in [0.15, 0.2) is 0 Å². The number of nitrogens with one attached hydrogen (secondary N) is 2. The Morgan fingerprint density at radius 2 is 1.37 bits per heavy atom. The lowest BCUT2D eigenvalue weighted by molar-refractivity contribution is -0.121. The van der Waals surface area contributed by atoms with Crippen molar-refractivity contribution >= 4 is 37.7 Å². The summed E-state index contributed by atoms with van der Waals surface area (Å²) < 4.78 is 53.9. The fourth-order valence-corrected chi connectivity index (χ4v) is 4.96. The van der Waals surface area contributed by atoms with Crippen LogP contribution < -0.4 is 9.44 Å². The lowest BCUT2D eigenvalue weighted by Crippen LogP contribution is -2.48. The van der Waals surface area contributed by atoms with E-state index in [1.807, 2.05) is 4.72 Å². The predicted molar refractivity (Wildman–Crippen MR) is 105 cm³/mol. The summed E-state index contributed by atoms with van der Waals surface area (Å²) in [6, 6.07) is 13.8. The van der Waals surface area contributed by atoms with Gasteiger partial charge in [-0.1, -0.05) is 36.4 Å². The van der Waals surface area contributed by atoms with E-state index in [1.165, 1.54) is 48.2 Å². The summed E-state index contributed by atoms with van der Waals surface area (Å²) in [5.74, 6) is -0.451. The molecule has 0 spiro atoms. The fourth-order valence-electron chi connectivity index (χ4n) is 2.20. The smallest absolute Gasteiger partial charge is 0.264 e. The van der Waals surface area contributed by atoms with E-state index in [-0.39, 0.29) is 16.2 Å².